The first-order chi connectivity index (χ1) is 17.5. The highest BCUT2D eigenvalue weighted by molar-refractivity contribution is 5.99. The van der Waals surface area contributed by atoms with E-state index in [0.717, 1.165) is 18.5 Å². The summed E-state index contributed by atoms with van der Waals surface area (Å²) < 4.78 is 10.7. The molecule has 0 fully saturated rings. The number of oxime groups is 1. The zero-order valence-electron chi connectivity index (χ0n) is 21.9. The van der Waals surface area contributed by atoms with Gasteiger partial charge in [0.2, 0.25) is 0 Å². The van der Waals surface area contributed by atoms with Gasteiger partial charge in [0, 0.05) is 12.1 Å². The number of amidine groups is 1. The van der Waals surface area contributed by atoms with Crippen LogP contribution in [0.3, 0.4) is 0 Å². The van der Waals surface area contributed by atoms with Gasteiger partial charge in [0.15, 0.2) is 5.84 Å². The molecule has 4 rings (SSSR count). The predicted octanol–water partition coefficient (Wildman–Crippen LogP) is 3.68. The molecule has 2 aromatic heterocycles. The zero-order valence-corrected chi connectivity index (χ0v) is 21.9. The van der Waals surface area contributed by atoms with E-state index in [-0.39, 0.29) is 24.6 Å². The summed E-state index contributed by atoms with van der Waals surface area (Å²) in [4.78, 5) is 31.0. The van der Waals surface area contributed by atoms with Gasteiger partial charge >= 0.3 is 11.7 Å². The normalized spacial score (nSPS) is 12.6. The molecule has 0 aliphatic rings. The smallest absolute Gasteiger partial charge is 0.330 e. The van der Waals surface area contributed by atoms with Gasteiger partial charge in [-0.1, -0.05) is 31.1 Å². The maximum Gasteiger partial charge on any atom is 0.330 e. The summed E-state index contributed by atoms with van der Waals surface area (Å²) in [7, 11) is 0. The highest BCUT2D eigenvalue weighted by atomic mass is 16.6. The monoisotopic (exact) mass is 506 g/mol. The van der Waals surface area contributed by atoms with E-state index >= 15 is 0 Å². The predicted molar refractivity (Wildman–Crippen MR) is 143 cm³/mol. The second-order valence-corrected chi connectivity index (χ2v) is 10.6. The summed E-state index contributed by atoms with van der Waals surface area (Å²) in [6.45, 7) is 10.5. The van der Waals surface area contributed by atoms with Gasteiger partial charge in [-0.3, -0.25) is 13.9 Å². The number of aromatic nitrogens is 4. The van der Waals surface area contributed by atoms with E-state index in [4.69, 9.17) is 20.7 Å². The zero-order chi connectivity index (χ0) is 26.9. The number of ether oxygens (including phenoxy) is 1. The Morgan fingerprint density at radius 1 is 1.08 bits per heavy atom. The van der Waals surface area contributed by atoms with Crippen LogP contribution >= 0.6 is 0 Å². The van der Waals surface area contributed by atoms with Crippen molar-refractivity contribution in [2.24, 2.45) is 16.8 Å². The summed E-state index contributed by atoms with van der Waals surface area (Å²) in [5, 5.41) is 12.2. The minimum absolute atomic E-state index is 0.00149. The Labute approximate surface area is 215 Å². The molecule has 3 N–H and O–H groups in total. The number of fused-ring (bicyclic) bond motifs is 2. The second-order valence-electron chi connectivity index (χ2n) is 10.6. The van der Waals surface area contributed by atoms with Gasteiger partial charge in [-0.15, -0.1) is 0 Å². The molecule has 0 amide bonds. The number of benzene rings is 2. The molecule has 0 saturated heterocycles. The van der Waals surface area contributed by atoms with E-state index in [9.17, 15) is 9.59 Å². The summed E-state index contributed by atoms with van der Waals surface area (Å²) in [5.41, 5.74) is 8.33. The topological polar surface area (TPSA) is 130 Å². The lowest BCUT2D eigenvalue weighted by molar-refractivity contribution is -0.155. The highest BCUT2D eigenvalue weighted by Gasteiger charge is 2.22. The van der Waals surface area contributed by atoms with E-state index in [1.165, 1.54) is 4.57 Å². The molecule has 37 heavy (non-hydrogen) atoms. The summed E-state index contributed by atoms with van der Waals surface area (Å²) in [5.74, 6) is 0.703. The van der Waals surface area contributed by atoms with Crippen molar-refractivity contribution in [1.82, 2.24) is 18.7 Å². The van der Waals surface area contributed by atoms with Crippen molar-refractivity contribution in [3.8, 4) is 0 Å². The average Bonchev–Trinajstić information content (AvgIpc) is 3.30. The van der Waals surface area contributed by atoms with Crippen LogP contribution in [0.4, 0.5) is 0 Å². The number of nitrogens with zero attached hydrogens (tertiary/aromatic N) is 5. The third-order valence-electron chi connectivity index (χ3n) is 6.09. The third kappa shape index (κ3) is 5.52. The largest absolute Gasteiger partial charge is 0.459 e. The Hall–Kier alpha value is -4.08. The van der Waals surface area contributed by atoms with Crippen LogP contribution in [-0.4, -0.2) is 41.3 Å². The highest BCUT2D eigenvalue weighted by Crippen LogP contribution is 2.22. The van der Waals surface area contributed by atoms with Gasteiger partial charge in [0.25, 0.3) is 0 Å². The van der Waals surface area contributed by atoms with Gasteiger partial charge in [0.1, 0.15) is 18.0 Å². The first-order valence-electron chi connectivity index (χ1n) is 12.4. The van der Waals surface area contributed by atoms with Crippen LogP contribution in [0.2, 0.25) is 0 Å². The van der Waals surface area contributed by atoms with E-state index in [1.807, 2.05) is 30.3 Å². The quantitative estimate of drug-likeness (QED) is 0.123. The number of imidazole rings is 2. The molecule has 0 spiro atoms. The molecule has 0 saturated carbocycles. The maximum atomic E-state index is 13.6. The van der Waals surface area contributed by atoms with Gasteiger partial charge in [-0.05, 0) is 63.4 Å². The third-order valence-corrected chi connectivity index (χ3v) is 6.09. The molecule has 2 aromatic carbocycles. The first kappa shape index (κ1) is 26.0. The Morgan fingerprint density at radius 3 is 2.38 bits per heavy atom. The number of aryl methyl sites for hydroxylation is 1. The molecule has 4 aromatic rings. The second kappa shape index (κ2) is 10.1. The molecule has 10 nitrogen and oxygen atoms in total. The van der Waals surface area contributed by atoms with Crippen LogP contribution in [0.25, 0.3) is 22.1 Å². The molecule has 0 unspecified atom stereocenters. The number of nitrogens with two attached hydrogens (primary N) is 1. The molecule has 196 valence electrons. The number of para-hydroxylation sites is 2. The van der Waals surface area contributed by atoms with Gasteiger partial charge in [0.05, 0.1) is 28.6 Å². The van der Waals surface area contributed by atoms with Crippen LogP contribution < -0.4 is 11.4 Å². The Kier molecular flexibility index (Phi) is 7.11. The molecule has 0 bridgehead atoms. The van der Waals surface area contributed by atoms with Crippen molar-refractivity contribution in [3.05, 3.63) is 64.3 Å². The van der Waals surface area contributed by atoms with Crippen LogP contribution in [0.15, 0.2) is 52.4 Å². The minimum Gasteiger partial charge on any atom is -0.459 e. The Balaban J connectivity index is 1.80. The van der Waals surface area contributed by atoms with Crippen LogP contribution in [-0.2, 0) is 29.2 Å². The van der Waals surface area contributed by atoms with Crippen LogP contribution in [0.1, 0.15) is 52.4 Å². The number of carbonyl (C=O) groups excluding carboxylic acids is 1. The summed E-state index contributed by atoms with van der Waals surface area (Å²) in [6.07, 6.45) is 0.926. The van der Waals surface area contributed by atoms with Gasteiger partial charge in [-0.25, -0.2) is 9.78 Å². The van der Waals surface area contributed by atoms with Crippen LogP contribution in [0.5, 0.6) is 0 Å². The minimum atomic E-state index is -0.649. The Morgan fingerprint density at radius 2 is 1.76 bits per heavy atom. The number of hydrogen-bond donors (Lipinski definition) is 2. The molecular weight excluding hydrogens is 472 g/mol. The number of esters is 1. The number of carbonyl (C=O) groups is 1. The molecular formula is C27H34N6O4. The molecule has 2 heterocycles. The van der Waals surface area contributed by atoms with Crippen molar-refractivity contribution >= 4 is 33.9 Å². The van der Waals surface area contributed by atoms with Crippen molar-refractivity contribution in [2.75, 3.05) is 0 Å². The standard InChI is InChI=1S/C27H34N6O4/c1-17(2)12-13-31-20-11-10-18(25(28)30-36)14-19(20)29-23(31)15-32-21-8-6-7-9-22(21)33(26(32)35)16-24(34)37-27(3,4)5/h6-11,14,17,36H,12-13,15-16H2,1-5H3,(H2,28,30). The van der Waals surface area contributed by atoms with Gasteiger partial charge < -0.3 is 20.2 Å². The van der Waals surface area contributed by atoms with Crippen molar-refractivity contribution in [3.63, 3.8) is 0 Å². The van der Waals surface area contributed by atoms with E-state index in [2.05, 4.69) is 23.6 Å². The van der Waals surface area contributed by atoms with E-state index < -0.39 is 11.6 Å². The molecule has 0 aliphatic carbocycles. The SMILES string of the molecule is CC(C)CCn1c(Cn2c(=O)n(CC(=O)OC(C)(C)C)c3ccccc32)nc2cc(/C(N)=N/O)ccc21. The van der Waals surface area contributed by atoms with E-state index in [0.29, 0.717) is 33.9 Å². The fourth-order valence-electron chi connectivity index (χ4n) is 4.38. The lowest BCUT2D eigenvalue weighted by Crippen LogP contribution is -2.32. The summed E-state index contributed by atoms with van der Waals surface area (Å²) in [6, 6.07) is 12.8. The van der Waals surface area contributed by atoms with Crippen molar-refractivity contribution in [1.29, 1.82) is 0 Å². The van der Waals surface area contributed by atoms with Crippen molar-refractivity contribution < 1.29 is 14.7 Å². The fraction of sp³-hybridized carbons (Fsp3) is 0.407. The van der Waals surface area contributed by atoms with Crippen molar-refractivity contribution in [2.45, 2.75) is 66.3 Å². The number of hydrogen-bond acceptors (Lipinski definition) is 6. The van der Waals surface area contributed by atoms with Gasteiger partial charge in [-0.2, -0.15) is 0 Å². The maximum absolute atomic E-state index is 13.6. The fourth-order valence-corrected chi connectivity index (χ4v) is 4.38. The van der Waals surface area contributed by atoms with E-state index in [1.54, 1.807) is 37.5 Å². The first-order valence-corrected chi connectivity index (χ1v) is 12.4. The number of rotatable bonds is 8. The lowest BCUT2D eigenvalue weighted by atomic mass is 10.1. The lowest BCUT2D eigenvalue weighted by Gasteiger charge is -2.19. The molecule has 0 aliphatic heterocycles. The Bertz CT molecular complexity index is 1530. The van der Waals surface area contributed by atoms with Crippen LogP contribution in [0, 0.1) is 5.92 Å². The molecule has 10 heteroatoms. The molecule has 0 atom stereocenters. The summed E-state index contributed by atoms with van der Waals surface area (Å²) >= 11 is 0. The average molecular weight is 507 g/mol. The molecule has 0 radical (unpaired) electrons.